The fraction of sp³-hybridized carbons (Fsp3) is 0.889. The van der Waals surface area contributed by atoms with E-state index in [1.807, 2.05) is 0 Å². The van der Waals surface area contributed by atoms with Gasteiger partial charge >= 0.3 is 0 Å². The number of carbonyl (C=O) groups is 1. The fourth-order valence-corrected chi connectivity index (χ4v) is 1.88. The number of hydrogen-bond donors (Lipinski definition) is 1. The van der Waals surface area contributed by atoms with Gasteiger partial charge in [-0.05, 0) is 19.3 Å². The lowest BCUT2D eigenvalue weighted by Crippen LogP contribution is -2.30. The van der Waals surface area contributed by atoms with Gasteiger partial charge in [0.15, 0.2) is 0 Å². The molecular weight excluding hydrogens is 212 g/mol. The number of amides is 1. The molecule has 0 aromatic rings. The van der Waals surface area contributed by atoms with E-state index in [0.717, 1.165) is 0 Å². The zero-order valence-corrected chi connectivity index (χ0v) is 8.62. The molecule has 5 heteroatoms. The summed E-state index contributed by atoms with van der Waals surface area (Å²) < 4.78 is 26.2. The first-order valence-electron chi connectivity index (χ1n) is 4.77. The second kappa shape index (κ2) is 4.91. The van der Waals surface area contributed by atoms with E-state index < -0.39 is 11.8 Å². The summed E-state index contributed by atoms with van der Waals surface area (Å²) in [6, 6.07) is 0. The summed E-state index contributed by atoms with van der Waals surface area (Å²) in [5, 5.41) is 2.49. The predicted octanol–water partition coefficient (Wildman–Crippen LogP) is 2.17. The normalized spacial score (nSPS) is 24.9. The molecule has 0 aromatic carbocycles. The first-order valence-corrected chi connectivity index (χ1v) is 5.30. The van der Waals surface area contributed by atoms with E-state index in [4.69, 9.17) is 11.6 Å². The summed E-state index contributed by atoms with van der Waals surface area (Å²) in [5.41, 5.74) is 0. The predicted molar refractivity (Wildman–Crippen MR) is 50.6 cm³/mol. The Morgan fingerprint density at radius 1 is 1.57 bits per heavy atom. The van der Waals surface area contributed by atoms with Crippen LogP contribution in [0.15, 0.2) is 0 Å². The van der Waals surface area contributed by atoms with Gasteiger partial charge in [0.05, 0.1) is 0 Å². The number of hydrogen-bond acceptors (Lipinski definition) is 1. The van der Waals surface area contributed by atoms with E-state index in [9.17, 15) is 13.6 Å². The number of halogens is 3. The molecule has 1 atom stereocenters. The third-order valence-corrected chi connectivity index (χ3v) is 2.84. The molecule has 0 spiro atoms. The summed E-state index contributed by atoms with van der Waals surface area (Å²) in [6.07, 6.45) is 1.47. The average Bonchev–Trinajstić information content (AvgIpc) is 2.45. The monoisotopic (exact) mass is 225 g/mol. The van der Waals surface area contributed by atoms with Crippen LogP contribution in [0.5, 0.6) is 0 Å². The molecule has 2 nitrogen and oxygen atoms in total. The molecule has 0 radical (unpaired) electrons. The summed E-state index contributed by atoms with van der Waals surface area (Å²) in [7, 11) is 0. The quantitative estimate of drug-likeness (QED) is 0.730. The van der Waals surface area contributed by atoms with Crippen LogP contribution in [0.25, 0.3) is 0 Å². The molecule has 0 bridgehead atoms. The van der Waals surface area contributed by atoms with E-state index >= 15 is 0 Å². The lowest BCUT2D eigenvalue weighted by molar-refractivity contribution is -0.118. The minimum absolute atomic E-state index is 0.0128. The van der Waals surface area contributed by atoms with Crippen molar-refractivity contribution in [1.82, 2.24) is 5.32 Å². The van der Waals surface area contributed by atoms with Crippen LogP contribution in [0.1, 0.15) is 25.7 Å². The van der Waals surface area contributed by atoms with Gasteiger partial charge in [0.1, 0.15) is 5.88 Å². The van der Waals surface area contributed by atoms with Gasteiger partial charge in [-0.2, -0.15) is 0 Å². The van der Waals surface area contributed by atoms with Crippen LogP contribution in [-0.4, -0.2) is 24.3 Å². The smallest absolute Gasteiger partial charge is 0.251 e. The molecular formula is C9H14ClF2NO. The maximum Gasteiger partial charge on any atom is 0.251 e. The minimum Gasteiger partial charge on any atom is -0.355 e. The van der Waals surface area contributed by atoms with Crippen molar-refractivity contribution in [2.45, 2.75) is 31.6 Å². The highest BCUT2D eigenvalue weighted by molar-refractivity contribution is 6.27. The molecule has 0 aromatic heterocycles. The molecule has 1 rings (SSSR count). The molecule has 1 N–H and O–H groups in total. The van der Waals surface area contributed by atoms with Gasteiger partial charge in [-0.3, -0.25) is 4.79 Å². The van der Waals surface area contributed by atoms with Gasteiger partial charge in [-0.15, -0.1) is 11.6 Å². The summed E-state index contributed by atoms with van der Waals surface area (Å²) in [6.45, 7) is 0.297. The SMILES string of the molecule is O=C(CCl)NCCC1CCCC1(F)F. The van der Waals surface area contributed by atoms with Crippen molar-refractivity contribution < 1.29 is 13.6 Å². The first kappa shape index (κ1) is 11.7. The van der Waals surface area contributed by atoms with Crippen LogP contribution in [-0.2, 0) is 4.79 Å². The highest BCUT2D eigenvalue weighted by atomic mass is 35.5. The first-order chi connectivity index (χ1) is 6.56. The number of carbonyl (C=O) groups excluding carboxylic acids is 1. The van der Waals surface area contributed by atoms with E-state index in [0.29, 0.717) is 25.8 Å². The molecule has 1 amide bonds. The van der Waals surface area contributed by atoms with Gasteiger partial charge in [0.2, 0.25) is 5.91 Å². The third kappa shape index (κ3) is 3.08. The highest BCUT2D eigenvalue weighted by Crippen LogP contribution is 2.41. The Morgan fingerprint density at radius 3 is 2.79 bits per heavy atom. The van der Waals surface area contributed by atoms with Crippen molar-refractivity contribution in [2.24, 2.45) is 5.92 Å². The minimum atomic E-state index is -2.54. The highest BCUT2D eigenvalue weighted by Gasteiger charge is 2.42. The maximum atomic E-state index is 13.1. The Bertz CT molecular complexity index is 211. The van der Waals surface area contributed by atoms with Crippen LogP contribution in [0.3, 0.4) is 0 Å². The second-order valence-electron chi connectivity index (χ2n) is 3.62. The van der Waals surface area contributed by atoms with Gasteiger partial charge in [-0.25, -0.2) is 8.78 Å². The van der Waals surface area contributed by atoms with Crippen molar-refractivity contribution in [3.63, 3.8) is 0 Å². The molecule has 1 fully saturated rings. The largest absolute Gasteiger partial charge is 0.355 e. The van der Waals surface area contributed by atoms with E-state index in [-0.39, 0.29) is 18.2 Å². The van der Waals surface area contributed by atoms with E-state index in [1.54, 1.807) is 0 Å². The second-order valence-corrected chi connectivity index (χ2v) is 3.89. The number of nitrogens with one attached hydrogen (secondary N) is 1. The summed E-state index contributed by atoms with van der Waals surface area (Å²) in [4.78, 5) is 10.7. The number of alkyl halides is 3. The summed E-state index contributed by atoms with van der Waals surface area (Å²) >= 11 is 5.24. The molecule has 0 aliphatic heterocycles. The van der Waals surface area contributed by atoms with Crippen LogP contribution in [0.2, 0.25) is 0 Å². The Kier molecular flexibility index (Phi) is 4.11. The summed E-state index contributed by atoms with van der Waals surface area (Å²) in [5.74, 6) is -3.52. The molecule has 0 saturated heterocycles. The lowest BCUT2D eigenvalue weighted by Gasteiger charge is -2.18. The van der Waals surface area contributed by atoms with Crippen molar-refractivity contribution in [3.8, 4) is 0 Å². The molecule has 1 aliphatic rings. The molecule has 1 saturated carbocycles. The maximum absolute atomic E-state index is 13.1. The van der Waals surface area contributed by atoms with Crippen molar-refractivity contribution in [1.29, 1.82) is 0 Å². The molecule has 1 unspecified atom stereocenters. The number of rotatable bonds is 4. The molecule has 82 valence electrons. The Balaban J connectivity index is 2.21. The molecule has 1 aliphatic carbocycles. The average molecular weight is 226 g/mol. The Hall–Kier alpha value is -0.380. The van der Waals surface area contributed by atoms with Gasteiger partial charge in [0, 0.05) is 18.9 Å². The van der Waals surface area contributed by atoms with Gasteiger partial charge in [-0.1, -0.05) is 0 Å². The van der Waals surface area contributed by atoms with Crippen LogP contribution in [0, 0.1) is 5.92 Å². The van der Waals surface area contributed by atoms with E-state index in [1.165, 1.54) is 0 Å². The van der Waals surface area contributed by atoms with Crippen molar-refractivity contribution >= 4 is 17.5 Å². The van der Waals surface area contributed by atoms with Crippen molar-refractivity contribution in [2.75, 3.05) is 12.4 Å². The Labute approximate surface area is 87.0 Å². The fourth-order valence-electron chi connectivity index (χ4n) is 1.79. The zero-order valence-electron chi connectivity index (χ0n) is 7.86. The molecule has 0 heterocycles. The van der Waals surface area contributed by atoms with Gasteiger partial charge < -0.3 is 5.32 Å². The standard InChI is InChI=1S/C9H14ClF2NO/c10-6-8(14)13-5-3-7-2-1-4-9(7,11)12/h7H,1-6H2,(H,13,14). The third-order valence-electron chi connectivity index (χ3n) is 2.60. The van der Waals surface area contributed by atoms with Crippen molar-refractivity contribution in [3.05, 3.63) is 0 Å². The lowest BCUT2D eigenvalue weighted by atomic mass is 10.0. The Morgan fingerprint density at radius 2 is 2.29 bits per heavy atom. The van der Waals surface area contributed by atoms with E-state index in [2.05, 4.69) is 5.32 Å². The molecule has 14 heavy (non-hydrogen) atoms. The zero-order chi connectivity index (χ0) is 10.6. The topological polar surface area (TPSA) is 29.1 Å². The van der Waals surface area contributed by atoms with Gasteiger partial charge in [0.25, 0.3) is 5.92 Å². The van der Waals surface area contributed by atoms with Crippen LogP contribution in [0.4, 0.5) is 8.78 Å². The van der Waals surface area contributed by atoms with Crippen LogP contribution >= 0.6 is 11.6 Å². The van der Waals surface area contributed by atoms with Crippen LogP contribution < -0.4 is 5.32 Å².